The molecule has 6 heteroatoms. The predicted molar refractivity (Wildman–Crippen MR) is 63.0 cm³/mol. The van der Waals surface area contributed by atoms with Gasteiger partial charge in [0.15, 0.2) is 0 Å². The highest BCUT2D eigenvalue weighted by Gasteiger charge is 2.33. The van der Waals surface area contributed by atoms with Crippen LogP contribution in [0.4, 0.5) is 0 Å². The lowest BCUT2D eigenvalue weighted by Crippen LogP contribution is -2.58. The number of rotatable bonds is 5. The van der Waals surface area contributed by atoms with Crippen molar-refractivity contribution >= 4 is 11.8 Å². The Labute approximate surface area is 101 Å². The molecule has 0 radical (unpaired) electrons. The minimum Gasteiger partial charge on any atom is -0.377 e. The van der Waals surface area contributed by atoms with Gasteiger partial charge in [-0.25, -0.2) is 0 Å². The Bertz CT molecular complexity index is 283. The molecule has 0 aromatic heterocycles. The summed E-state index contributed by atoms with van der Waals surface area (Å²) in [6.07, 6.45) is 2.53. The predicted octanol–water partition coefficient (Wildman–Crippen LogP) is -0.783. The lowest BCUT2D eigenvalue weighted by Gasteiger charge is -2.35. The maximum Gasteiger partial charge on any atom is 0.242 e. The zero-order valence-corrected chi connectivity index (χ0v) is 10.2. The summed E-state index contributed by atoms with van der Waals surface area (Å²) in [6, 6.07) is -1.22. The summed E-state index contributed by atoms with van der Waals surface area (Å²) in [5.41, 5.74) is 11.1. The van der Waals surface area contributed by atoms with E-state index in [2.05, 4.69) is 0 Å². The third-order valence-electron chi connectivity index (χ3n) is 2.93. The number of nitrogens with zero attached hydrogens (tertiary/aromatic N) is 1. The van der Waals surface area contributed by atoms with Crippen LogP contribution in [0.3, 0.4) is 0 Å². The van der Waals surface area contributed by atoms with E-state index in [-0.39, 0.29) is 12.5 Å². The highest BCUT2D eigenvalue weighted by molar-refractivity contribution is 5.89. The Morgan fingerprint density at radius 3 is 2.82 bits per heavy atom. The number of hydrogen-bond donors (Lipinski definition) is 2. The summed E-state index contributed by atoms with van der Waals surface area (Å²) in [5, 5.41) is 0. The summed E-state index contributed by atoms with van der Waals surface area (Å²) < 4.78 is 5.15. The molecule has 0 spiro atoms. The van der Waals surface area contributed by atoms with Crippen molar-refractivity contribution in [2.24, 2.45) is 11.5 Å². The monoisotopic (exact) mass is 243 g/mol. The first-order valence-corrected chi connectivity index (χ1v) is 6.01. The van der Waals surface area contributed by atoms with Crippen LogP contribution in [0.15, 0.2) is 0 Å². The van der Waals surface area contributed by atoms with E-state index in [0.717, 1.165) is 12.8 Å². The molecule has 1 saturated heterocycles. The molecule has 17 heavy (non-hydrogen) atoms. The maximum atomic E-state index is 12.1. The number of primary amides is 1. The summed E-state index contributed by atoms with van der Waals surface area (Å²) >= 11 is 0. The van der Waals surface area contributed by atoms with Crippen molar-refractivity contribution < 1.29 is 14.3 Å². The Morgan fingerprint density at radius 1 is 1.53 bits per heavy atom. The van der Waals surface area contributed by atoms with Gasteiger partial charge in [-0.3, -0.25) is 9.59 Å². The minimum absolute atomic E-state index is 0.168. The van der Waals surface area contributed by atoms with Gasteiger partial charge in [0, 0.05) is 6.54 Å². The fourth-order valence-electron chi connectivity index (χ4n) is 1.86. The highest BCUT2D eigenvalue weighted by atomic mass is 16.5. The van der Waals surface area contributed by atoms with Crippen molar-refractivity contribution in [1.82, 2.24) is 4.90 Å². The lowest BCUT2D eigenvalue weighted by atomic mass is 10.1. The van der Waals surface area contributed by atoms with Crippen molar-refractivity contribution in [1.29, 1.82) is 0 Å². The molecular formula is C11H21N3O3. The molecule has 1 aliphatic rings. The molecular weight excluding hydrogens is 222 g/mol. The molecule has 0 bridgehead atoms. The summed E-state index contributed by atoms with van der Waals surface area (Å²) in [7, 11) is 0. The van der Waals surface area contributed by atoms with Gasteiger partial charge in [-0.05, 0) is 6.42 Å². The third-order valence-corrected chi connectivity index (χ3v) is 2.93. The van der Waals surface area contributed by atoms with Crippen LogP contribution in [0.2, 0.25) is 0 Å². The topological polar surface area (TPSA) is 98.7 Å². The van der Waals surface area contributed by atoms with Crippen LogP contribution >= 0.6 is 0 Å². The minimum atomic E-state index is -0.677. The van der Waals surface area contributed by atoms with Gasteiger partial charge >= 0.3 is 0 Å². The number of amides is 2. The van der Waals surface area contributed by atoms with E-state index < -0.39 is 18.0 Å². The molecule has 98 valence electrons. The average molecular weight is 243 g/mol. The first kappa shape index (κ1) is 13.9. The van der Waals surface area contributed by atoms with E-state index in [1.54, 1.807) is 0 Å². The molecule has 6 nitrogen and oxygen atoms in total. The molecule has 0 aromatic carbocycles. The van der Waals surface area contributed by atoms with Crippen molar-refractivity contribution in [3.05, 3.63) is 0 Å². The number of unbranched alkanes of at least 4 members (excludes halogenated alkanes) is 1. The van der Waals surface area contributed by atoms with Crippen LogP contribution in [0.1, 0.15) is 26.2 Å². The number of carbonyl (C=O) groups excluding carboxylic acids is 2. The van der Waals surface area contributed by atoms with Crippen molar-refractivity contribution in [3.8, 4) is 0 Å². The van der Waals surface area contributed by atoms with Crippen LogP contribution in [0.5, 0.6) is 0 Å². The summed E-state index contributed by atoms with van der Waals surface area (Å²) in [5.74, 6) is -0.744. The average Bonchev–Trinajstić information content (AvgIpc) is 2.34. The van der Waals surface area contributed by atoms with Crippen LogP contribution in [0.25, 0.3) is 0 Å². The van der Waals surface area contributed by atoms with E-state index >= 15 is 0 Å². The van der Waals surface area contributed by atoms with Gasteiger partial charge in [-0.1, -0.05) is 19.8 Å². The number of morpholine rings is 1. The smallest absolute Gasteiger partial charge is 0.242 e. The number of nitrogens with two attached hydrogens (primary N) is 2. The van der Waals surface area contributed by atoms with E-state index in [9.17, 15) is 9.59 Å². The van der Waals surface area contributed by atoms with Gasteiger partial charge in [0.2, 0.25) is 11.8 Å². The number of carbonyl (C=O) groups is 2. The molecule has 1 rings (SSSR count). The molecule has 1 aliphatic heterocycles. The van der Waals surface area contributed by atoms with E-state index in [0.29, 0.717) is 19.6 Å². The molecule has 0 aromatic rings. The highest BCUT2D eigenvalue weighted by Crippen LogP contribution is 2.10. The summed E-state index contributed by atoms with van der Waals surface area (Å²) in [6.45, 7) is 3.02. The van der Waals surface area contributed by atoms with Gasteiger partial charge < -0.3 is 21.1 Å². The van der Waals surface area contributed by atoms with Gasteiger partial charge in [0.1, 0.15) is 6.04 Å². The first-order chi connectivity index (χ1) is 8.07. The quantitative estimate of drug-likeness (QED) is 0.661. The van der Waals surface area contributed by atoms with Gasteiger partial charge in [-0.15, -0.1) is 0 Å². The first-order valence-electron chi connectivity index (χ1n) is 6.01. The molecule has 1 fully saturated rings. The fraction of sp³-hybridized carbons (Fsp3) is 0.818. The Balaban J connectivity index is 2.61. The van der Waals surface area contributed by atoms with E-state index in [1.807, 2.05) is 6.92 Å². The molecule has 1 unspecified atom stereocenters. The SMILES string of the molecule is CCCC[C@H](N)C(=O)N1CCOCC1C(N)=O. The second-order valence-corrected chi connectivity index (χ2v) is 4.27. The second-order valence-electron chi connectivity index (χ2n) is 4.27. The Hall–Kier alpha value is -1.14. The van der Waals surface area contributed by atoms with Crippen LogP contribution < -0.4 is 11.5 Å². The summed E-state index contributed by atoms with van der Waals surface area (Å²) in [4.78, 5) is 24.7. The van der Waals surface area contributed by atoms with Gasteiger partial charge in [-0.2, -0.15) is 0 Å². The van der Waals surface area contributed by atoms with Crippen molar-refractivity contribution in [3.63, 3.8) is 0 Å². The second kappa shape index (κ2) is 6.56. The largest absolute Gasteiger partial charge is 0.377 e. The maximum absolute atomic E-state index is 12.1. The normalized spacial score (nSPS) is 22.2. The van der Waals surface area contributed by atoms with Crippen LogP contribution in [-0.4, -0.2) is 48.6 Å². The number of ether oxygens (including phenoxy) is 1. The molecule has 0 aliphatic carbocycles. The zero-order chi connectivity index (χ0) is 12.8. The molecule has 2 atom stereocenters. The van der Waals surface area contributed by atoms with Gasteiger partial charge in [0.05, 0.1) is 19.3 Å². The van der Waals surface area contributed by atoms with Crippen molar-refractivity contribution in [2.75, 3.05) is 19.8 Å². The number of hydrogen-bond acceptors (Lipinski definition) is 4. The molecule has 1 heterocycles. The zero-order valence-electron chi connectivity index (χ0n) is 10.2. The van der Waals surface area contributed by atoms with Gasteiger partial charge in [0.25, 0.3) is 0 Å². The standard InChI is InChI=1S/C11H21N3O3/c1-2-3-4-8(12)11(16)14-5-6-17-7-9(14)10(13)15/h8-9H,2-7,12H2,1H3,(H2,13,15)/t8-,9?/m0/s1. The van der Waals surface area contributed by atoms with E-state index in [4.69, 9.17) is 16.2 Å². The molecule has 0 saturated carbocycles. The third kappa shape index (κ3) is 3.67. The Morgan fingerprint density at radius 2 is 2.24 bits per heavy atom. The van der Waals surface area contributed by atoms with E-state index in [1.165, 1.54) is 4.90 Å². The molecule has 2 amide bonds. The molecule has 4 N–H and O–H groups in total. The fourth-order valence-corrected chi connectivity index (χ4v) is 1.86. The van der Waals surface area contributed by atoms with Crippen LogP contribution in [-0.2, 0) is 14.3 Å². The lowest BCUT2D eigenvalue weighted by molar-refractivity contribution is -0.148. The van der Waals surface area contributed by atoms with Crippen molar-refractivity contribution in [2.45, 2.75) is 38.3 Å². The Kier molecular flexibility index (Phi) is 5.37. The van der Waals surface area contributed by atoms with Crippen LogP contribution in [0, 0.1) is 0 Å².